The number of hydrogen-bond acceptors (Lipinski definition) is 4. The van der Waals surface area contributed by atoms with E-state index in [0.29, 0.717) is 5.95 Å². The fourth-order valence-electron chi connectivity index (χ4n) is 3.16. The van der Waals surface area contributed by atoms with Gasteiger partial charge in [-0.1, -0.05) is 24.3 Å². The molecule has 0 fully saturated rings. The van der Waals surface area contributed by atoms with E-state index in [1.54, 1.807) is 19.2 Å². The Kier molecular flexibility index (Phi) is 3.65. The average molecular weight is 324 g/mol. The maximum Gasteiger partial charge on any atom is 0.222 e. The van der Waals surface area contributed by atoms with E-state index in [0.717, 1.165) is 23.3 Å². The first-order chi connectivity index (χ1) is 11.7. The van der Waals surface area contributed by atoms with Crippen LogP contribution in [0.25, 0.3) is 0 Å². The van der Waals surface area contributed by atoms with Gasteiger partial charge in [-0.05, 0) is 41.8 Å². The van der Waals surface area contributed by atoms with Crippen LogP contribution in [0, 0.1) is 5.82 Å². The molecule has 6 heteroatoms. The van der Waals surface area contributed by atoms with Crippen molar-refractivity contribution in [1.29, 1.82) is 0 Å². The number of nitrogens with one attached hydrogen (secondary N) is 1. The standard InChI is InChI=1S/C18H17FN4O/c1-24-15-4-2-3-13(9-15)16-10-17(12-5-7-14(19)8-6-12)23-18(22-16)20-11-21-23/h2-9,11,16-17H,10H2,1H3,(H,20,21,22)/t16-,17+/m0/s1. The Morgan fingerprint density at radius 2 is 2.00 bits per heavy atom. The molecule has 0 amide bonds. The van der Waals surface area contributed by atoms with Crippen molar-refractivity contribution in [2.45, 2.75) is 18.5 Å². The van der Waals surface area contributed by atoms with Gasteiger partial charge in [0.2, 0.25) is 5.95 Å². The molecule has 0 aliphatic carbocycles. The number of methoxy groups -OCH3 is 1. The second kappa shape index (κ2) is 5.96. The Bertz CT molecular complexity index is 846. The van der Waals surface area contributed by atoms with E-state index in [4.69, 9.17) is 4.74 Å². The highest BCUT2D eigenvalue weighted by molar-refractivity contribution is 5.40. The fourth-order valence-corrected chi connectivity index (χ4v) is 3.16. The molecule has 24 heavy (non-hydrogen) atoms. The van der Waals surface area contributed by atoms with E-state index in [9.17, 15) is 4.39 Å². The van der Waals surface area contributed by atoms with Gasteiger partial charge in [0.25, 0.3) is 0 Å². The van der Waals surface area contributed by atoms with E-state index in [1.807, 2.05) is 22.9 Å². The van der Waals surface area contributed by atoms with Crippen LogP contribution >= 0.6 is 0 Å². The summed E-state index contributed by atoms with van der Waals surface area (Å²) in [5.74, 6) is 1.29. The minimum Gasteiger partial charge on any atom is -0.497 e. The summed E-state index contributed by atoms with van der Waals surface area (Å²) in [6, 6.07) is 14.6. The number of halogens is 1. The van der Waals surface area contributed by atoms with Gasteiger partial charge in [0.15, 0.2) is 0 Å². The second-order valence-corrected chi connectivity index (χ2v) is 5.80. The summed E-state index contributed by atoms with van der Waals surface area (Å²) < 4.78 is 20.4. The lowest BCUT2D eigenvalue weighted by Gasteiger charge is -2.32. The van der Waals surface area contributed by atoms with Crippen LogP contribution in [0.1, 0.15) is 29.6 Å². The predicted molar refractivity (Wildman–Crippen MR) is 88.5 cm³/mol. The van der Waals surface area contributed by atoms with Crippen molar-refractivity contribution in [2.24, 2.45) is 0 Å². The third kappa shape index (κ3) is 2.60. The highest BCUT2D eigenvalue weighted by Gasteiger charge is 2.30. The molecule has 3 aromatic rings. The summed E-state index contributed by atoms with van der Waals surface area (Å²) in [6.07, 6.45) is 2.32. The first-order valence-corrected chi connectivity index (χ1v) is 7.80. The molecule has 4 rings (SSSR count). The molecule has 1 aliphatic heterocycles. The third-order valence-electron chi connectivity index (χ3n) is 4.38. The molecule has 122 valence electrons. The number of rotatable bonds is 3. The van der Waals surface area contributed by atoms with Crippen LogP contribution in [-0.4, -0.2) is 21.9 Å². The summed E-state index contributed by atoms with van der Waals surface area (Å²) in [7, 11) is 1.66. The fraction of sp³-hybridized carbons (Fsp3) is 0.222. The molecule has 0 radical (unpaired) electrons. The van der Waals surface area contributed by atoms with E-state index in [-0.39, 0.29) is 17.9 Å². The SMILES string of the molecule is COc1cccc([C@@H]2C[C@H](c3ccc(F)cc3)n3ncnc3N2)c1. The molecule has 5 nitrogen and oxygen atoms in total. The van der Waals surface area contributed by atoms with Crippen LogP contribution in [-0.2, 0) is 0 Å². The summed E-state index contributed by atoms with van der Waals surface area (Å²) in [5.41, 5.74) is 2.13. The van der Waals surface area contributed by atoms with Crippen LogP contribution in [0.4, 0.5) is 10.3 Å². The molecule has 0 unspecified atom stereocenters. The molecule has 1 N–H and O–H groups in total. The highest BCUT2D eigenvalue weighted by atomic mass is 19.1. The van der Waals surface area contributed by atoms with E-state index >= 15 is 0 Å². The smallest absolute Gasteiger partial charge is 0.222 e. The van der Waals surface area contributed by atoms with Crippen LogP contribution in [0.2, 0.25) is 0 Å². The van der Waals surface area contributed by atoms with Gasteiger partial charge in [-0.3, -0.25) is 0 Å². The Balaban J connectivity index is 1.71. The van der Waals surface area contributed by atoms with Gasteiger partial charge in [-0.25, -0.2) is 9.07 Å². The summed E-state index contributed by atoms with van der Waals surface area (Å²) in [4.78, 5) is 4.30. The normalized spacial score (nSPS) is 19.4. The first-order valence-electron chi connectivity index (χ1n) is 7.80. The van der Waals surface area contributed by atoms with Gasteiger partial charge in [0.1, 0.15) is 17.9 Å². The summed E-state index contributed by atoms with van der Waals surface area (Å²) >= 11 is 0. The largest absolute Gasteiger partial charge is 0.497 e. The molecule has 1 aliphatic rings. The number of fused-ring (bicyclic) bond motifs is 1. The van der Waals surface area contributed by atoms with Gasteiger partial charge in [0.05, 0.1) is 19.2 Å². The number of nitrogens with zero attached hydrogens (tertiary/aromatic N) is 3. The maximum atomic E-state index is 13.3. The maximum absolute atomic E-state index is 13.3. The number of benzene rings is 2. The molecule has 0 bridgehead atoms. The van der Waals surface area contributed by atoms with Crippen molar-refractivity contribution in [3.05, 3.63) is 71.8 Å². The van der Waals surface area contributed by atoms with Gasteiger partial charge in [-0.15, -0.1) is 0 Å². The highest BCUT2D eigenvalue weighted by Crippen LogP contribution is 2.37. The van der Waals surface area contributed by atoms with Crippen LogP contribution in [0.5, 0.6) is 5.75 Å². The van der Waals surface area contributed by atoms with Crippen LogP contribution in [0.3, 0.4) is 0 Å². The summed E-state index contributed by atoms with van der Waals surface area (Å²) in [6.45, 7) is 0. The zero-order chi connectivity index (χ0) is 16.5. The predicted octanol–water partition coefficient (Wildman–Crippen LogP) is 3.57. The van der Waals surface area contributed by atoms with E-state index in [1.165, 1.54) is 18.5 Å². The zero-order valence-electron chi connectivity index (χ0n) is 13.2. The number of anilines is 1. The van der Waals surface area contributed by atoms with Crippen molar-refractivity contribution in [1.82, 2.24) is 14.8 Å². The number of aromatic nitrogens is 3. The quantitative estimate of drug-likeness (QED) is 0.800. The molecular weight excluding hydrogens is 307 g/mol. The zero-order valence-corrected chi connectivity index (χ0v) is 13.2. The minimum absolute atomic E-state index is 0.000510. The van der Waals surface area contributed by atoms with Crippen molar-refractivity contribution < 1.29 is 9.13 Å². The van der Waals surface area contributed by atoms with Crippen molar-refractivity contribution >= 4 is 5.95 Å². The molecule has 0 saturated heterocycles. The number of ether oxygens (including phenoxy) is 1. The average Bonchev–Trinajstić information content (AvgIpc) is 3.10. The molecule has 1 aromatic heterocycles. The van der Waals surface area contributed by atoms with Gasteiger partial charge in [-0.2, -0.15) is 10.1 Å². The number of hydrogen-bond donors (Lipinski definition) is 1. The lowest BCUT2D eigenvalue weighted by atomic mass is 9.93. The molecule has 0 spiro atoms. The molecule has 2 heterocycles. The lowest BCUT2D eigenvalue weighted by Crippen LogP contribution is -2.28. The Morgan fingerprint density at radius 3 is 2.79 bits per heavy atom. The van der Waals surface area contributed by atoms with Gasteiger partial charge >= 0.3 is 0 Å². The second-order valence-electron chi connectivity index (χ2n) is 5.80. The van der Waals surface area contributed by atoms with Gasteiger partial charge < -0.3 is 10.1 Å². The van der Waals surface area contributed by atoms with Crippen LogP contribution < -0.4 is 10.1 Å². The lowest BCUT2D eigenvalue weighted by molar-refractivity contribution is 0.410. The topological polar surface area (TPSA) is 52.0 Å². The molecule has 2 atom stereocenters. The Labute approximate surface area is 139 Å². The van der Waals surface area contributed by atoms with Crippen molar-refractivity contribution in [3.63, 3.8) is 0 Å². The van der Waals surface area contributed by atoms with Gasteiger partial charge in [0, 0.05) is 0 Å². The monoisotopic (exact) mass is 324 g/mol. The minimum atomic E-state index is -0.240. The molecule has 2 aromatic carbocycles. The Hall–Kier alpha value is -2.89. The molecule has 0 saturated carbocycles. The van der Waals surface area contributed by atoms with E-state index < -0.39 is 0 Å². The van der Waals surface area contributed by atoms with Crippen LogP contribution in [0.15, 0.2) is 54.9 Å². The third-order valence-corrected chi connectivity index (χ3v) is 4.38. The first kappa shape index (κ1) is 14.7. The Morgan fingerprint density at radius 1 is 1.17 bits per heavy atom. The van der Waals surface area contributed by atoms with Crippen molar-refractivity contribution in [3.8, 4) is 5.75 Å². The van der Waals surface area contributed by atoms with E-state index in [2.05, 4.69) is 21.5 Å². The van der Waals surface area contributed by atoms with Crippen molar-refractivity contribution in [2.75, 3.05) is 12.4 Å². The summed E-state index contributed by atoms with van der Waals surface area (Å²) in [5, 5.41) is 7.74. The molecular formula is C18H17FN4O.